The summed E-state index contributed by atoms with van der Waals surface area (Å²) in [6.45, 7) is 0.761. The molecule has 168 valence electrons. The first-order valence-corrected chi connectivity index (χ1v) is 10.7. The van der Waals surface area contributed by atoms with Gasteiger partial charge in [0.05, 0.1) is 16.8 Å². The van der Waals surface area contributed by atoms with E-state index in [1.54, 1.807) is 25.9 Å². The third-order valence-electron chi connectivity index (χ3n) is 5.89. The maximum absolute atomic E-state index is 13.6. The highest BCUT2D eigenvalue weighted by atomic mass is 35.5. The van der Waals surface area contributed by atoms with Gasteiger partial charge in [-0.15, -0.1) is 5.10 Å². The minimum absolute atomic E-state index is 0. The molecule has 4 aromatic heterocycles. The van der Waals surface area contributed by atoms with Crippen LogP contribution in [0, 0.1) is 0 Å². The van der Waals surface area contributed by atoms with Gasteiger partial charge in [0.15, 0.2) is 11.6 Å². The fourth-order valence-electron chi connectivity index (χ4n) is 4.52. The van der Waals surface area contributed by atoms with Crippen molar-refractivity contribution in [3.05, 3.63) is 82.1 Å². The van der Waals surface area contributed by atoms with Crippen LogP contribution in [-0.4, -0.2) is 35.3 Å². The molecule has 1 atom stereocenters. The minimum Gasteiger partial charge on any atom is -0.366 e. The normalized spacial score (nSPS) is 15.9. The summed E-state index contributed by atoms with van der Waals surface area (Å²) >= 11 is 6.33. The van der Waals surface area contributed by atoms with Crippen molar-refractivity contribution in [3.8, 4) is 5.69 Å². The predicted molar refractivity (Wildman–Crippen MR) is 133 cm³/mol. The van der Waals surface area contributed by atoms with Gasteiger partial charge in [-0.2, -0.15) is 23.6 Å². The molecule has 0 bridgehead atoms. The number of hydrogen-bond acceptors (Lipinski definition) is 6. The van der Waals surface area contributed by atoms with Crippen LogP contribution < -0.4 is 16.2 Å². The second-order valence-corrected chi connectivity index (χ2v) is 8.18. The fraction of sp³-hybridized carbons (Fsp3) is 0.182. The van der Waals surface area contributed by atoms with Crippen molar-refractivity contribution in [2.75, 3.05) is 17.2 Å². The second-order valence-electron chi connectivity index (χ2n) is 7.77. The van der Waals surface area contributed by atoms with Crippen molar-refractivity contribution >= 4 is 47.9 Å². The van der Waals surface area contributed by atoms with Gasteiger partial charge in [0.25, 0.3) is 5.56 Å². The van der Waals surface area contributed by atoms with Crippen molar-refractivity contribution < 1.29 is 0 Å². The van der Waals surface area contributed by atoms with Crippen LogP contribution in [-0.2, 0) is 0 Å². The number of benzene rings is 1. The molecule has 5 aromatic rings. The molecule has 0 radical (unpaired) electrons. The van der Waals surface area contributed by atoms with Crippen LogP contribution in [0.1, 0.15) is 24.7 Å². The van der Waals surface area contributed by atoms with Crippen molar-refractivity contribution in [2.24, 2.45) is 0 Å². The Balaban J connectivity index is 0.00000228. The number of halogens is 1. The van der Waals surface area contributed by atoms with E-state index < -0.39 is 0 Å². The summed E-state index contributed by atoms with van der Waals surface area (Å²) in [4.78, 5) is 20.3. The number of hydrogen-bond donors (Lipinski definition) is 1. The van der Waals surface area contributed by atoms with Gasteiger partial charge >= 0.3 is 0 Å². The third kappa shape index (κ3) is 3.33. The van der Waals surface area contributed by atoms with Crippen LogP contribution in [0.5, 0.6) is 0 Å². The van der Waals surface area contributed by atoms with Crippen molar-refractivity contribution in [2.45, 2.75) is 18.9 Å². The molecular formula is C22H21ClN8OS. The molecule has 1 aliphatic rings. The first-order valence-electron chi connectivity index (χ1n) is 10.3. The molecule has 9 nitrogen and oxygen atoms in total. The summed E-state index contributed by atoms with van der Waals surface area (Å²) in [7, 11) is 0. The van der Waals surface area contributed by atoms with Crippen molar-refractivity contribution in [3.63, 3.8) is 0 Å². The molecule has 6 rings (SSSR count). The summed E-state index contributed by atoms with van der Waals surface area (Å²) in [5.41, 5.74) is 7.73. The van der Waals surface area contributed by atoms with Crippen LogP contribution in [0.2, 0.25) is 5.02 Å². The average molecular weight is 481 g/mol. The standard InChI is InChI=1S/C22H19ClN8O.H2S/c23-15-10-13-30-18(15)21(32)31(14-6-2-1-3-7-14)20(26-30)16-8-4-11-28(16)19-17-9-5-12-29(17)27-22(24)25-19;/h1-3,5-7,9-10,12-13,16H,4,8,11H2,(H2,24,27);1H2/t16-;/m0./s1. The Labute approximate surface area is 200 Å². The summed E-state index contributed by atoms with van der Waals surface area (Å²) in [5, 5.41) is 9.48. The number of nitrogen functional groups attached to an aromatic ring is 1. The number of nitrogens with zero attached hydrogens (tertiary/aromatic N) is 7. The van der Waals surface area contributed by atoms with E-state index in [1.807, 2.05) is 48.7 Å². The van der Waals surface area contributed by atoms with Gasteiger partial charge in [-0.3, -0.25) is 9.36 Å². The minimum atomic E-state index is -0.210. The zero-order valence-electron chi connectivity index (χ0n) is 17.5. The third-order valence-corrected chi connectivity index (χ3v) is 6.19. The van der Waals surface area contributed by atoms with Gasteiger partial charge in [-0.05, 0) is 43.2 Å². The van der Waals surface area contributed by atoms with E-state index >= 15 is 0 Å². The fourth-order valence-corrected chi connectivity index (χ4v) is 4.75. The Morgan fingerprint density at radius 2 is 1.82 bits per heavy atom. The Morgan fingerprint density at radius 3 is 2.64 bits per heavy atom. The molecule has 0 amide bonds. The van der Waals surface area contributed by atoms with E-state index in [0.717, 1.165) is 36.4 Å². The molecule has 11 heteroatoms. The summed E-state index contributed by atoms with van der Waals surface area (Å²) in [5.74, 6) is 1.54. The highest BCUT2D eigenvalue weighted by Gasteiger charge is 2.33. The molecule has 0 unspecified atom stereocenters. The lowest BCUT2D eigenvalue weighted by molar-refractivity contribution is 0.601. The Kier molecular flexibility index (Phi) is 5.26. The molecule has 1 aromatic carbocycles. The Bertz CT molecular complexity index is 1530. The maximum atomic E-state index is 13.6. The van der Waals surface area contributed by atoms with Crippen molar-refractivity contribution in [1.82, 2.24) is 28.8 Å². The SMILES string of the molecule is Nc1nc(N2CCC[C@H]2c2nn3ccc(Cl)c3c(=O)n2-c2ccccc2)c2cccn2n1.S. The molecule has 5 heterocycles. The monoisotopic (exact) mass is 480 g/mol. The van der Waals surface area contributed by atoms with Crippen molar-refractivity contribution in [1.29, 1.82) is 0 Å². The van der Waals surface area contributed by atoms with Crippen LogP contribution >= 0.6 is 25.1 Å². The summed E-state index contributed by atoms with van der Waals surface area (Å²) < 4.78 is 4.95. The lowest BCUT2D eigenvalue weighted by atomic mass is 10.2. The van der Waals surface area contributed by atoms with Gasteiger partial charge in [-0.25, -0.2) is 9.03 Å². The molecule has 1 fully saturated rings. The lowest BCUT2D eigenvalue weighted by Crippen LogP contribution is -2.33. The predicted octanol–water partition coefficient (Wildman–Crippen LogP) is 3.22. The van der Waals surface area contributed by atoms with Crippen LogP contribution in [0.15, 0.2) is 65.7 Å². The van der Waals surface area contributed by atoms with Crippen LogP contribution in [0.4, 0.5) is 11.8 Å². The molecular weight excluding hydrogens is 460 g/mol. The molecule has 0 aliphatic carbocycles. The maximum Gasteiger partial charge on any atom is 0.284 e. The van der Waals surface area contributed by atoms with Crippen LogP contribution in [0.3, 0.4) is 0 Å². The topological polar surface area (TPSA) is 98.8 Å². The quantitative estimate of drug-likeness (QED) is 0.425. The molecule has 0 saturated carbocycles. The van der Waals surface area contributed by atoms with E-state index in [1.165, 1.54) is 0 Å². The summed E-state index contributed by atoms with van der Waals surface area (Å²) in [6, 6.07) is 14.9. The van der Waals surface area contributed by atoms with Gasteiger partial charge in [0.1, 0.15) is 11.0 Å². The molecule has 0 spiro atoms. The zero-order chi connectivity index (χ0) is 21.8. The van der Waals surface area contributed by atoms with E-state index in [9.17, 15) is 4.79 Å². The van der Waals surface area contributed by atoms with E-state index in [4.69, 9.17) is 22.4 Å². The molecule has 1 aliphatic heterocycles. The van der Waals surface area contributed by atoms with E-state index in [-0.39, 0.29) is 31.0 Å². The van der Waals surface area contributed by atoms with Crippen LogP contribution in [0.25, 0.3) is 16.7 Å². The molecule has 33 heavy (non-hydrogen) atoms. The highest BCUT2D eigenvalue weighted by molar-refractivity contribution is 7.59. The second kappa shape index (κ2) is 8.13. The number of fused-ring (bicyclic) bond motifs is 2. The van der Waals surface area contributed by atoms with Gasteiger partial charge in [0.2, 0.25) is 5.95 Å². The van der Waals surface area contributed by atoms with Gasteiger partial charge < -0.3 is 10.6 Å². The average Bonchev–Trinajstić information content (AvgIpc) is 3.53. The Hall–Kier alpha value is -3.50. The Morgan fingerprint density at radius 1 is 1.00 bits per heavy atom. The first kappa shape index (κ1) is 21.4. The highest BCUT2D eigenvalue weighted by Crippen LogP contribution is 2.37. The number of anilines is 2. The van der Waals surface area contributed by atoms with E-state index in [0.29, 0.717) is 16.4 Å². The number of aromatic nitrogens is 6. The lowest BCUT2D eigenvalue weighted by Gasteiger charge is -2.27. The van der Waals surface area contributed by atoms with Gasteiger partial charge in [0, 0.05) is 18.9 Å². The number of nitrogens with two attached hydrogens (primary N) is 1. The van der Waals surface area contributed by atoms with E-state index in [2.05, 4.69) is 15.0 Å². The first-order chi connectivity index (χ1) is 15.6. The molecule has 1 saturated heterocycles. The smallest absolute Gasteiger partial charge is 0.284 e. The molecule has 2 N–H and O–H groups in total. The number of para-hydroxylation sites is 1. The number of rotatable bonds is 3. The van der Waals surface area contributed by atoms with Gasteiger partial charge in [-0.1, -0.05) is 29.8 Å². The summed E-state index contributed by atoms with van der Waals surface area (Å²) in [6.07, 6.45) is 5.30. The largest absolute Gasteiger partial charge is 0.366 e. The zero-order valence-corrected chi connectivity index (χ0v) is 19.2.